The van der Waals surface area contributed by atoms with Crippen LogP contribution in [0.25, 0.3) is 10.9 Å². The summed E-state index contributed by atoms with van der Waals surface area (Å²) in [5.74, 6) is 1.24. The summed E-state index contributed by atoms with van der Waals surface area (Å²) in [5, 5.41) is 12.8. The number of benzene rings is 2. The highest BCUT2D eigenvalue weighted by atomic mass is 35.5. The van der Waals surface area contributed by atoms with Gasteiger partial charge in [0.15, 0.2) is 11.5 Å². The number of aromatic nitrogens is 2. The molecule has 0 aliphatic carbocycles. The third-order valence-corrected chi connectivity index (χ3v) is 5.94. The molecule has 10 heteroatoms. The van der Waals surface area contributed by atoms with Crippen LogP contribution in [0.15, 0.2) is 36.7 Å². The molecule has 0 saturated carbocycles. The minimum Gasteiger partial charge on any atom is -0.493 e. The zero-order valence-electron chi connectivity index (χ0n) is 19.0. The summed E-state index contributed by atoms with van der Waals surface area (Å²) < 4.78 is 30.7. The number of aliphatic hydroxyl groups is 1. The fourth-order valence-corrected chi connectivity index (χ4v) is 4.15. The summed E-state index contributed by atoms with van der Waals surface area (Å²) in [7, 11) is 1.59. The molecule has 34 heavy (non-hydrogen) atoms. The lowest BCUT2D eigenvalue weighted by Crippen LogP contribution is -2.26. The summed E-state index contributed by atoms with van der Waals surface area (Å²) in [6.07, 6.45) is 3.46. The van der Waals surface area contributed by atoms with Gasteiger partial charge in [-0.25, -0.2) is 14.4 Å². The van der Waals surface area contributed by atoms with Gasteiger partial charge in [-0.2, -0.15) is 0 Å². The number of rotatable bonds is 11. The Balaban J connectivity index is 1.41. The maximum absolute atomic E-state index is 13.5. The smallest absolute Gasteiger partial charge is 0.162 e. The van der Waals surface area contributed by atoms with Crippen LogP contribution in [0.4, 0.5) is 15.9 Å². The van der Waals surface area contributed by atoms with E-state index < -0.39 is 5.82 Å². The number of ether oxygens (including phenoxy) is 3. The Morgan fingerprint density at radius 2 is 2.09 bits per heavy atom. The first-order valence-electron chi connectivity index (χ1n) is 11.2. The zero-order valence-corrected chi connectivity index (χ0v) is 19.7. The molecule has 182 valence electrons. The van der Waals surface area contributed by atoms with E-state index in [0.717, 1.165) is 37.9 Å². The summed E-state index contributed by atoms with van der Waals surface area (Å²) in [6.45, 7) is 3.71. The molecule has 8 nitrogen and oxygen atoms in total. The summed E-state index contributed by atoms with van der Waals surface area (Å²) in [4.78, 5) is 11.0. The number of nitrogens with one attached hydrogen (secondary N) is 1. The summed E-state index contributed by atoms with van der Waals surface area (Å²) in [6, 6.07) is 8.04. The van der Waals surface area contributed by atoms with Crippen LogP contribution in [0.5, 0.6) is 11.5 Å². The van der Waals surface area contributed by atoms with Gasteiger partial charge in [-0.15, -0.1) is 0 Å². The highest BCUT2D eigenvalue weighted by molar-refractivity contribution is 6.31. The van der Waals surface area contributed by atoms with Gasteiger partial charge in [0.1, 0.15) is 18.0 Å². The van der Waals surface area contributed by atoms with Gasteiger partial charge in [0.2, 0.25) is 0 Å². The maximum atomic E-state index is 13.5. The Kier molecular flexibility index (Phi) is 8.34. The fourth-order valence-electron chi connectivity index (χ4n) is 3.97. The van der Waals surface area contributed by atoms with Gasteiger partial charge >= 0.3 is 0 Å². The van der Waals surface area contributed by atoms with Crippen molar-refractivity contribution >= 4 is 34.0 Å². The lowest BCUT2D eigenvalue weighted by molar-refractivity contribution is 0.0339. The van der Waals surface area contributed by atoms with Crippen LogP contribution in [0.3, 0.4) is 0 Å². The first-order valence-corrected chi connectivity index (χ1v) is 11.6. The van der Waals surface area contributed by atoms with Crippen molar-refractivity contribution < 1.29 is 23.7 Å². The quantitative estimate of drug-likeness (QED) is 0.389. The van der Waals surface area contributed by atoms with Crippen LogP contribution < -0.4 is 14.8 Å². The van der Waals surface area contributed by atoms with E-state index in [1.165, 1.54) is 18.5 Å². The SMILES string of the molecule is COc1cc2ncnc(Nc3ccc(F)c(Cl)c3)c2cc1OCCCN1CC[C@H](OCCO)C1. The Morgan fingerprint density at radius 3 is 2.88 bits per heavy atom. The molecule has 0 radical (unpaired) electrons. The molecule has 2 heterocycles. The number of hydrogen-bond acceptors (Lipinski definition) is 8. The molecule has 1 atom stereocenters. The number of fused-ring (bicyclic) bond motifs is 1. The van der Waals surface area contributed by atoms with Crippen LogP contribution in [0.1, 0.15) is 12.8 Å². The van der Waals surface area contributed by atoms with E-state index in [9.17, 15) is 4.39 Å². The second kappa shape index (κ2) is 11.6. The number of anilines is 2. The van der Waals surface area contributed by atoms with Crippen molar-refractivity contribution in [3.63, 3.8) is 0 Å². The average Bonchev–Trinajstić information content (AvgIpc) is 3.30. The van der Waals surface area contributed by atoms with Crippen LogP contribution in [-0.4, -0.2) is 72.6 Å². The molecule has 1 aliphatic rings. The predicted molar refractivity (Wildman–Crippen MR) is 129 cm³/mol. The van der Waals surface area contributed by atoms with Gasteiger partial charge in [0.25, 0.3) is 0 Å². The molecule has 1 aliphatic heterocycles. The molecule has 4 rings (SSSR count). The lowest BCUT2D eigenvalue weighted by Gasteiger charge is -2.17. The zero-order chi connectivity index (χ0) is 23.9. The summed E-state index contributed by atoms with van der Waals surface area (Å²) >= 11 is 5.91. The number of methoxy groups -OCH3 is 1. The second-order valence-electron chi connectivity index (χ2n) is 8.00. The minimum absolute atomic E-state index is 0.0262. The number of nitrogens with zero attached hydrogens (tertiary/aromatic N) is 3. The third kappa shape index (κ3) is 6.04. The molecular formula is C24H28ClFN4O4. The van der Waals surface area contributed by atoms with Gasteiger partial charge < -0.3 is 29.5 Å². The highest BCUT2D eigenvalue weighted by Crippen LogP contribution is 2.35. The van der Waals surface area contributed by atoms with E-state index in [4.69, 9.17) is 30.9 Å². The van der Waals surface area contributed by atoms with Crippen molar-refractivity contribution in [1.82, 2.24) is 14.9 Å². The van der Waals surface area contributed by atoms with Gasteiger partial charge in [0.05, 0.1) is 43.6 Å². The number of hydrogen-bond donors (Lipinski definition) is 2. The van der Waals surface area contributed by atoms with E-state index in [0.29, 0.717) is 41.7 Å². The first-order chi connectivity index (χ1) is 16.6. The van der Waals surface area contributed by atoms with Crippen molar-refractivity contribution in [2.75, 3.05) is 51.9 Å². The van der Waals surface area contributed by atoms with Crippen LogP contribution in [-0.2, 0) is 4.74 Å². The molecule has 0 bridgehead atoms. The molecule has 2 N–H and O–H groups in total. The Bertz CT molecular complexity index is 1120. The lowest BCUT2D eigenvalue weighted by atomic mass is 10.2. The number of aliphatic hydroxyl groups excluding tert-OH is 1. The molecular weight excluding hydrogens is 463 g/mol. The van der Waals surface area contributed by atoms with Crippen molar-refractivity contribution in [1.29, 1.82) is 0 Å². The predicted octanol–water partition coefficient (Wildman–Crippen LogP) is 4.03. The maximum Gasteiger partial charge on any atom is 0.162 e. The largest absolute Gasteiger partial charge is 0.493 e. The Morgan fingerprint density at radius 1 is 1.21 bits per heavy atom. The van der Waals surface area contributed by atoms with Crippen LogP contribution in [0.2, 0.25) is 5.02 Å². The topological polar surface area (TPSA) is 89.0 Å². The normalized spacial score (nSPS) is 16.2. The van der Waals surface area contributed by atoms with Crippen LogP contribution in [0, 0.1) is 5.82 Å². The number of likely N-dealkylation sites (tertiary alicyclic amines) is 1. The molecule has 0 unspecified atom stereocenters. The summed E-state index contributed by atoms with van der Waals surface area (Å²) in [5.41, 5.74) is 1.29. The number of halogens is 2. The van der Waals surface area contributed by atoms with Crippen molar-refractivity contribution in [3.05, 3.63) is 47.5 Å². The standard InChI is InChI=1S/C24H28ClFN4O4/c1-32-22-13-21-18(24(28-15-27-21)29-16-3-4-20(26)19(25)11-16)12-23(22)34-9-2-6-30-7-5-17(14-30)33-10-8-31/h3-4,11-13,15,17,31H,2,5-10,14H2,1H3,(H,27,28,29)/t17-/m0/s1. The molecule has 1 aromatic heterocycles. The van der Waals surface area contributed by atoms with Gasteiger partial charge in [-0.1, -0.05) is 11.6 Å². The molecule has 1 saturated heterocycles. The van der Waals surface area contributed by atoms with E-state index in [2.05, 4.69) is 20.2 Å². The Hall–Kier alpha value is -2.72. The van der Waals surface area contributed by atoms with E-state index in [1.807, 2.05) is 6.07 Å². The molecule has 0 spiro atoms. The van der Waals surface area contributed by atoms with Crippen molar-refractivity contribution in [2.45, 2.75) is 18.9 Å². The monoisotopic (exact) mass is 490 g/mol. The van der Waals surface area contributed by atoms with Gasteiger partial charge in [0, 0.05) is 36.8 Å². The average molecular weight is 491 g/mol. The molecule has 3 aromatic rings. The molecule has 2 aromatic carbocycles. The highest BCUT2D eigenvalue weighted by Gasteiger charge is 2.22. The van der Waals surface area contributed by atoms with Crippen molar-refractivity contribution in [2.24, 2.45) is 0 Å². The van der Waals surface area contributed by atoms with E-state index in [1.54, 1.807) is 19.2 Å². The van der Waals surface area contributed by atoms with Crippen LogP contribution >= 0.6 is 11.6 Å². The van der Waals surface area contributed by atoms with Crippen molar-refractivity contribution in [3.8, 4) is 11.5 Å². The van der Waals surface area contributed by atoms with Gasteiger partial charge in [-0.3, -0.25) is 0 Å². The minimum atomic E-state index is -0.484. The second-order valence-corrected chi connectivity index (χ2v) is 8.41. The third-order valence-electron chi connectivity index (χ3n) is 5.65. The molecule has 0 amide bonds. The van der Waals surface area contributed by atoms with E-state index >= 15 is 0 Å². The van der Waals surface area contributed by atoms with E-state index in [-0.39, 0.29) is 17.7 Å². The first kappa shape index (κ1) is 24.4. The Labute approximate surface area is 202 Å². The fraction of sp³-hybridized carbons (Fsp3) is 0.417. The molecule has 1 fully saturated rings. The van der Waals surface area contributed by atoms with Gasteiger partial charge in [-0.05, 0) is 37.1 Å².